The minimum Gasteiger partial charge on any atom is -0.406 e. The highest BCUT2D eigenvalue weighted by Gasteiger charge is 2.49. The van der Waals surface area contributed by atoms with Gasteiger partial charge in [-0.1, -0.05) is 6.08 Å². The largest absolute Gasteiger partial charge is 0.573 e. The van der Waals surface area contributed by atoms with Gasteiger partial charge in [-0.3, -0.25) is 4.79 Å². The first-order chi connectivity index (χ1) is 15.7. The lowest BCUT2D eigenvalue weighted by Crippen LogP contribution is -2.61. The Hall–Kier alpha value is -3.98. The molecule has 0 spiro atoms. The summed E-state index contributed by atoms with van der Waals surface area (Å²) in [6.07, 6.45) is -0.764. The van der Waals surface area contributed by atoms with Crippen LogP contribution >= 0.6 is 0 Å². The Labute approximate surface area is 185 Å². The summed E-state index contributed by atoms with van der Waals surface area (Å²) >= 11 is 0. The zero-order valence-corrected chi connectivity index (χ0v) is 17.2. The van der Waals surface area contributed by atoms with Crippen molar-refractivity contribution in [3.63, 3.8) is 0 Å². The third-order valence-corrected chi connectivity index (χ3v) is 5.16. The van der Waals surface area contributed by atoms with Crippen LogP contribution in [-0.4, -0.2) is 61.5 Å². The summed E-state index contributed by atoms with van der Waals surface area (Å²) in [5.74, 6) is -0.547. The van der Waals surface area contributed by atoms with Gasteiger partial charge in [-0.2, -0.15) is 5.26 Å². The fourth-order valence-electron chi connectivity index (χ4n) is 3.52. The van der Waals surface area contributed by atoms with Gasteiger partial charge in [0.25, 0.3) is 0 Å². The number of imidazole rings is 1. The van der Waals surface area contributed by atoms with Crippen molar-refractivity contribution >= 4 is 17.1 Å². The molecule has 1 saturated heterocycles. The molecule has 0 saturated carbocycles. The molecule has 1 aliphatic heterocycles. The molecular formula is C21H17F3N6O3. The van der Waals surface area contributed by atoms with E-state index in [0.29, 0.717) is 22.4 Å². The Morgan fingerprint density at radius 2 is 2.00 bits per heavy atom. The van der Waals surface area contributed by atoms with Crippen LogP contribution in [0.3, 0.4) is 0 Å². The smallest absolute Gasteiger partial charge is 0.406 e. The molecule has 33 heavy (non-hydrogen) atoms. The summed E-state index contributed by atoms with van der Waals surface area (Å²) in [7, 11) is 1.71. The van der Waals surface area contributed by atoms with Gasteiger partial charge >= 0.3 is 6.36 Å². The second kappa shape index (κ2) is 8.18. The molecule has 2 aromatic heterocycles. The quantitative estimate of drug-likeness (QED) is 0.582. The van der Waals surface area contributed by atoms with Crippen molar-refractivity contribution < 1.29 is 27.8 Å². The number of ether oxygens (including phenoxy) is 1. The van der Waals surface area contributed by atoms with Gasteiger partial charge in [0, 0.05) is 31.8 Å². The van der Waals surface area contributed by atoms with Gasteiger partial charge in [-0.05, 0) is 24.3 Å². The monoisotopic (exact) mass is 458 g/mol. The van der Waals surface area contributed by atoms with Gasteiger partial charge in [-0.25, -0.2) is 15.0 Å². The highest BCUT2D eigenvalue weighted by atomic mass is 19.4. The van der Waals surface area contributed by atoms with Crippen molar-refractivity contribution in [3.8, 4) is 23.1 Å². The number of carbonyl (C=O) groups excluding carboxylic acids is 1. The molecule has 0 unspecified atom stereocenters. The van der Waals surface area contributed by atoms with Crippen molar-refractivity contribution in [1.29, 1.82) is 5.26 Å². The molecule has 3 heterocycles. The van der Waals surface area contributed by atoms with Crippen molar-refractivity contribution in [2.24, 2.45) is 7.05 Å². The van der Waals surface area contributed by atoms with Gasteiger partial charge in [0.1, 0.15) is 17.0 Å². The number of alkyl halides is 3. The average Bonchev–Trinajstić information content (AvgIpc) is 3.12. The molecule has 1 aromatic carbocycles. The zero-order valence-electron chi connectivity index (χ0n) is 17.2. The van der Waals surface area contributed by atoms with E-state index in [0.717, 1.165) is 12.1 Å². The van der Waals surface area contributed by atoms with Crippen LogP contribution in [0.15, 0.2) is 42.7 Å². The Morgan fingerprint density at radius 3 is 2.61 bits per heavy atom. The third kappa shape index (κ3) is 4.22. The van der Waals surface area contributed by atoms with Crippen molar-refractivity contribution in [3.05, 3.63) is 48.6 Å². The summed E-state index contributed by atoms with van der Waals surface area (Å²) in [4.78, 5) is 26.9. The highest BCUT2D eigenvalue weighted by Crippen LogP contribution is 2.36. The number of aliphatic hydroxyl groups is 1. The lowest BCUT2D eigenvalue weighted by molar-refractivity contribution is -0.274. The molecule has 1 amide bonds. The normalized spacial score (nSPS) is 15.5. The number of nitrogens with zero attached hydrogens (tertiary/aromatic N) is 6. The Morgan fingerprint density at radius 1 is 1.30 bits per heavy atom. The van der Waals surface area contributed by atoms with E-state index < -0.39 is 11.8 Å². The van der Waals surface area contributed by atoms with Crippen LogP contribution in [0.1, 0.15) is 5.82 Å². The number of hydrogen-bond acceptors (Lipinski definition) is 7. The van der Waals surface area contributed by atoms with E-state index in [-0.39, 0.29) is 37.2 Å². The van der Waals surface area contributed by atoms with Crippen LogP contribution < -0.4 is 4.74 Å². The molecular weight excluding hydrogens is 441 g/mol. The minimum absolute atomic E-state index is 0.0548. The number of nitriles is 1. The van der Waals surface area contributed by atoms with Crippen LogP contribution in [0, 0.1) is 11.3 Å². The number of aromatic nitrogens is 4. The lowest BCUT2D eigenvalue weighted by Gasteiger charge is -2.43. The topological polar surface area (TPSA) is 117 Å². The van der Waals surface area contributed by atoms with E-state index in [9.17, 15) is 23.2 Å². The second-order valence-corrected chi connectivity index (χ2v) is 7.47. The van der Waals surface area contributed by atoms with E-state index >= 15 is 0 Å². The predicted molar refractivity (Wildman–Crippen MR) is 109 cm³/mol. The van der Waals surface area contributed by atoms with Gasteiger partial charge < -0.3 is 19.3 Å². The maximum absolute atomic E-state index is 12.5. The Balaban J connectivity index is 1.72. The standard InChI is InChI=1S/C21H17F3N6O3/c1-29-12-26-17-16(13-4-6-14(7-5-13)33-21(22,23)24)27-19(28-18(17)29)20(9-25)10-30(11-20)15(32)3-2-8-31/h2-7,12,31H,8,10-11H2,1H3/b3-2+. The molecule has 0 radical (unpaired) electrons. The number of likely N-dealkylation sites (tertiary alicyclic amines) is 1. The van der Waals surface area contributed by atoms with E-state index in [4.69, 9.17) is 5.11 Å². The van der Waals surface area contributed by atoms with E-state index in [1.807, 2.05) is 0 Å². The second-order valence-electron chi connectivity index (χ2n) is 7.47. The number of carbonyl (C=O) groups is 1. The lowest BCUT2D eigenvalue weighted by atomic mass is 9.80. The molecule has 3 aromatic rings. The molecule has 12 heteroatoms. The summed E-state index contributed by atoms with van der Waals surface area (Å²) in [6, 6.07) is 7.35. The fraction of sp³-hybridized carbons (Fsp3) is 0.286. The average molecular weight is 458 g/mol. The van der Waals surface area contributed by atoms with Crippen molar-refractivity contribution in [2.75, 3.05) is 19.7 Å². The molecule has 0 bridgehead atoms. The maximum atomic E-state index is 12.5. The number of fused-ring (bicyclic) bond motifs is 1. The SMILES string of the molecule is Cn1cnc2c(-c3ccc(OC(F)(F)F)cc3)nc(C3(C#N)CN(C(=O)/C=C/CO)C3)nc21. The number of benzene rings is 1. The van der Waals surface area contributed by atoms with Gasteiger partial charge in [0.2, 0.25) is 5.91 Å². The number of amides is 1. The van der Waals surface area contributed by atoms with Crippen LogP contribution in [0.4, 0.5) is 13.2 Å². The van der Waals surface area contributed by atoms with E-state index in [1.54, 1.807) is 11.6 Å². The molecule has 4 rings (SSSR count). The summed E-state index contributed by atoms with van der Waals surface area (Å²) in [5, 5.41) is 18.7. The number of rotatable bonds is 5. The summed E-state index contributed by atoms with van der Waals surface area (Å²) < 4.78 is 43.0. The van der Waals surface area contributed by atoms with E-state index in [1.165, 1.54) is 35.5 Å². The minimum atomic E-state index is -4.81. The Kier molecular flexibility index (Phi) is 5.51. The zero-order chi connectivity index (χ0) is 23.8. The van der Waals surface area contributed by atoms with Crippen LogP contribution in [-0.2, 0) is 17.3 Å². The molecule has 1 aliphatic rings. The first kappa shape index (κ1) is 22.2. The highest BCUT2D eigenvalue weighted by molar-refractivity contribution is 5.89. The van der Waals surface area contributed by atoms with Crippen LogP contribution in [0.2, 0.25) is 0 Å². The number of aryl methyl sites for hydroxylation is 1. The van der Waals surface area contributed by atoms with Gasteiger partial charge in [0.15, 0.2) is 16.9 Å². The number of halogens is 3. The predicted octanol–water partition coefficient (Wildman–Crippen LogP) is 2.08. The molecule has 0 atom stereocenters. The first-order valence-corrected chi connectivity index (χ1v) is 9.69. The fourth-order valence-corrected chi connectivity index (χ4v) is 3.52. The van der Waals surface area contributed by atoms with Crippen molar-refractivity contribution in [1.82, 2.24) is 24.4 Å². The maximum Gasteiger partial charge on any atom is 0.573 e. The first-order valence-electron chi connectivity index (χ1n) is 9.69. The van der Waals surface area contributed by atoms with Crippen LogP contribution in [0.25, 0.3) is 22.4 Å². The van der Waals surface area contributed by atoms with Crippen molar-refractivity contribution in [2.45, 2.75) is 11.8 Å². The number of hydrogen-bond donors (Lipinski definition) is 1. The van der Waals surface area contributed by atoms with Gasteiger partial charge in [-0.15, -0.1) is 13.2 Å². The molecule has 0 aliphatic carbocycles. The molecule has 1 fully saturated rings. The summed E-state index contributed by atoms with van der Waals surface area (Å²) in [6.45, 7) is -0.169. The number of aliphatic hydroxyl groups excluding tert-OH is 1. The Bertz CT molecular complexity index is 1270. The van der Waals surface area contributed by atoms with Crippen LogP contribution in [0.5, 0.6) is 5.75 Å². The molecule has 1 N–H and O–H groups in total. The molecule has 170 valence electrons. The molecule has 9 nitrogen and oxygen atoms in total. The third-order valence-electron chi connectivity index (χ3n) is 5.16. The van der Waals surface area contributed by atoms with Gasteiger partial charge in [0.05, 0.1) is 19.0 Å². The van der Waals surface area contributed by atoms with E-state index in [2.05, 4.69) is 25.8 Å². The summed E-state index contributed by atoms with van der Waals surface area (Å²) in [5.41, 5.74) is 0.494.